The first-order chi connectivity index (χ1) is 13.7. The van der Waals surface area contributed by atoms with Gasteiger partial charge in [-0.05, 0) is 97.7 Å². The van der Waals surface area contributed by atoms with E-state index in [0.717, 1.165) is 30.6 Å². The number of hydrogen-bond donors (Lipinski definition) is 1. The Hall–Kier alpha value is -0.820. The summed E-state index contributed by atoms with van der Waals surface area (Å²) in [6.07, 6.45) is 17.4. The number of fused-ring (bicyclic) bond motifs is 5. The Kier molecular flexibility index (Phi) is 5.69. The van der Waals surface area contributed by atoms with Crippen LogP contribution in [0.15, 0.2) is 36.0 Å². The van der Waals surface area contributed by atoms with Crippen molar-refractivity contribution in [2.24, 2.45) is 46.3 Å². The van der Waals surface area contributed by atoms with Crippen molar-refractivity contribution in [1.82, 2.24) is 0 Å². The molecule has 0 aromatic carbocycles. The summed E-state index contributed by atoms with van der Waals surface area (Å²) in [4.78, 5) is 0. The van der Waals surface area contributed by atoms with Crippen LogP contribution in [-0.2, 0) is 0 Å². The van der Waals surface area contributed by atoms with Crippen molar-refractivity contribution in [2.75, 3.05) is 0 Å². The Bertz CT molecular complexity index is 699. The Labute approximate surface area is 179 Å². The molecule has 0 amide bonds. The number of rotatable bonds is 4. The molecule has 0 heterocycles. The van der Waals surface area contributed by atoms with Gasteiger partial charge in [-0.25, -0.2) is 0 Å². The second-order valence-corrected chi connectivity index (χ2v) is 11.9. The molecule has 1 N–H and O–H groups in total. The zero-order valence-corrected chi connectivity index (χ0v) is 19.6. The Balaban J connectivity index is 1.55. The summed E-state index contributed by atoms with van der Waals surface area (Å²) in [5.74, 6) is 4.23. The highest BCUT2D eigenvalue weighted by Gasteiger charge is 2.57. The zero-order chi connectivity index (χ0) is 21.0. The van der Waals surface area contributed by atoms with Crippen molar-refractivity contribution in [2.45, 2.75) is 92.1 Å². The first kappa shape index (κ1) is 21.4. The predicted molar refractivity (Wildman–Crippen MR) is 123 cm³/mol. The normalized spacial score (nSPS) is 45.5. The smallest absolute Gasteiger partial charge is 0.0543 e. The van der Waals surface area contributed by atoms with E-state index in [1.165, 1.54) is 44.1 Å². The van der Waals surface area contributed by atoms with E-state index in [0.29, 0.717) is 28.6 Å². The molecule has 0 radical (unpaired) electrons. The molecule has 0 saturated heterocycles. The van der Waals surface area contributed by atoms with Crippen molar-refractivity contribution in [1.29, 1.82) is 0 Å². The van der Waals surface area contributed by atoms with E-state index in [4.69, 9.17) is 0 Å². The molecule has 0 bridgehead atoms. The lowest BCUT2D eigenvalue weighted by molar-refractivity contribution is -0.0414. The minimum atomic E-state index is -0.0547. The van der Waals surface area contributed by atoms with Gasteiger partial charge in [-0.3, -0.25) is 0 Å². The lowest BCUT2D eigenvalue weighted by Crippen LogP contribution is -2.49. The fraction of sp³-hybridized carbons (Fsp3) is 0.786. The fourth-order valence-corrected chi connectivity index (χ4v) is 8.00. The minimum absolute atomic E-state index is 0.0547. The lowest BCUT2D eigenvalue weighted by Gasteiger charge is -2.57. The molecule has 0 aliphatic heterocycles. The molecule has 4 aliphatic rings. The van der Waals surface area contributed by atoms with Crippen LogP contribution in [0, 0.1) is 46.3 Å². The molecule has 29 heavy (non-hydrogen) atoms. The number of aliphatic hydroxyl groups is 1. The summed E-state index contributed by atoms with van der Waals surface area (Å²) in [5, 5.41) is 10.2. The zero-order valence-electron chi connectivity index (χ0n) is 19.6. The van der Waals surface area contributed by atoms with Gasteiger partial charge in [-0.15, -0.1) is 0 Å². The molecule has 4 rings (SSSR count). The summed E-state index contributed by atoms with van der Waals surface area (Å²) < 4.78 is 0. The number of hydrogen-bond acceptors (Lipinski definition) is 1. The van der Waals surface area contributed by atoms with Crippen LogP contribution in [0.1, 0.15) is 86.0 Å². The highest BCUT2D eigenvalue weighted by atomic mass is 16.3. The van der Waals surface area contributed by atoms with E-state index in [1.54, 1.807) is 0 Å². The number of aliphatic hydroxyl groups excluding tert-OH is 1. The van der Waals surface area contributed by atoms with E-state index in [2.05, 4.69) is 59.4 Å². The molecule has 3 saturated carbocycles. The van der Waals surface area contributed by atoms with Crippen LogP contribution in [0.3, 0.4) is 0 Å². The molecule has 1 heteroatoms. The van der Waals surface area contributed by atoms with Crippen LogP contribution in [0.5, 0.6) is 0 Å². The maximum absolute atomic E-state index is 10.2. The second-order valence-electron chi connectivity index (χ2n) is 11.9. The van der Waals surface area contributed by atoms with E-state index < -0.39 is 0 Å². The van der Waals surface area contributed by atoms with Gasteiger partial charge in [-0.1, -0.05) is 70.6 Å². The third-order valence-electron chi connectivity index (χ3n) is 10.1. The van der Waals surface area contributed by atoms with Gasteiger partial charge >= 0.3 is 0 Å². The average molecular weight is 397 g/mol. The molecule has 4 aliphatic carbocycles. The molecular formula is C28H44O. The monoisotopic (exact) mass is 396 g/mol. The van der Waals surface area contributed by atoms with E-state index >= 15 is 0 Å². The average Bonchev–Trinajstić information content (AvgIpc) is 3.03. The van der Waals surface area contributed by atoms with Gasteiger partial charge in [-0.2, -0.15) is 0 Å². The van der Waals surface area contributed by atoms with Gasteiger partial charge in [0.2, 0.25) is 0 Å². The van der Waals surface area contributed by atoms with Crippen molar-refractivity contribution >= 4 is 0 Å². The largest absolute Gasteiger partial charge is 0.393 e. The van der Waals surface area contributed by atoms with Crippen LogP contribution in [0.25, 0.3) is 0 Å². The first-order valence-electron chi connectivity index (χ1n) is 12.4. The summed E-state index contributed by atoms with van der Waals surface area (Å²) in [6, 6.07) is 0. The molecule has 1 nitrogen and oxygen atoms in total. The third kappa shape index (κ3) is 3.50. The molecule has 0 aromatic rings. The molecular weight excluding hydrogens is 352 g/mol. The lowest BCUT2D eigenvalue weighted by atomic mass is 9.47. The topological polar surface area (TPSA) is 20.2 Å². The molecule has 8 atom stereocenters. The van der Waals surface area contributed by atoms with Crippen molar-refractivity contribution in [3.8, 4) is 0 Å². The standard InChI is InChI=1S/C28H44O/c1-18(2)19(3)7-8-20(4)24-11-12-25-23-10-9-21-17-22(29)13-15-27(21,5)26(23)14-16-28(24,25)6/h7-8,10,18,20-22,24-26,29H,3,9,11-17H2,1-2,4-6H3. The second kappa shape index (κ2) is 7.70. The van der Waals surface area contributed by atoms with Crippen molar-refractivity contribution in [3.05, 3.63) is 36.0 Å². The highest BCUT2D eigenvalue weighted by Crippen LogP contribution is 2.66. The van der Waals surface area contributed by atoms with Gasteiger partial charge in [0.05, 0.1) is 6.10 Å². The predicted octanol–water partition coefficient (Wildman–Crippen LogP) is 7.33. The van der Waals surface area contributed by atoms with Crippen LogP contribution in [0.2, 0.25) is 0 Å². The molecule has 3 fully saturated rings. The molecule has 0 aromatic heterocycles. The Morgan fingerprint density at radius 1 is 1.07 bits per heavy atom. The van der Waals surface area contributed by atoms with Crippen molar-refractivity contribution < 1.29 is 5.11 Å². The van der Waals surface area contributed by atoms with E-state index in [-0.39, 0.29) is 6.10 Å². The van der Waals surface area contributed by atoms with E-state index in [9.17, 15) is 5.11 Å². The number of allylic oxidation sites excluding steroid dienone is 5. The maximum atomic E-state index is 10.2. The quantitative estimate of drug-likeness (QED) is 0.389. The van der Waals surface area contributed by atoms with Crippen LogP contribution < -0.4 is 0 Å². The SMILES string of the molecule is C=C(C=CC(C)C1CCC2C3=CCC4CC(O)CCC4(C)C3CCC21C)C(C)C. The summed E-state index contributed by atoms with van der Waals surface area (Å²) in [7, 11) is 0. The molecule has 162 valence electrons. The first-order valence-corrected chi connectivity index (χ1v) is 12.4. The summed E-state index contributed by atoms with van der Waals surface area (Å²) >= 11 is 0. The third-order valence-corrected chi connectivity index (χ3v) is 10.1. The summed E-state index contributed by atoms with van der Waals surface area (Å²) in [6.45, 7) is 16.3. The minimum Gasteiger partial charge on any atom is -0.393 e. The van der Waals surface area contributed by atoms with Gasteiger partial charge in [0.25, 0.3) is 0 Å². The van der Waals surface area contributed by atoms with Gasteiger partial charge in [0.1, 0.15) is 0 Å². The Morgan fingerprint density at radius 2 is 1.76 bits per heavy atom. The molecule has 0 spiro atoms. The molecule has 8 unspecified atom stereocenters. The highest BCUT2D eigenvalue weighted by molar-refractivity contribution is 5.28. The van der Waals surface area contributed by atoms with E-state index in [1.807, 2.05) is 5.57 Å². The van der Waals surface area contributed by atoms with Gasteiger partial charge < -0.3 is 5.11 Å². The fourth-order valence-electron chi connectivity index (χ4n) is 8.00. The van der Waals surface area contributed by atoms with Crippen molar-refractivity contribution in [3.63, 3.8) is 0 Å². The van der Waals surface area contributed by atoms with Crippen LogP contribution in [-0.4, -0.2) is 11.2 Å². The van der Waals surface area contributed by atoms with Crippen LogP contribution >= 0.6 is 0 Å². The summed E-state index contributed by atoms with van der Waals surface area (Å²) in [5.41, 5.74) is 3.99. The Morgan fingerprint density at radius 3 is 2.48 bits per heavy atom. The van der Waals surface area contributed by atoms with Gasteiger partial charge in [0.15, 0.2) is 0 Å². The maximum Gasteiger partial charge on any atom is 0.0543 e. The van der Waals surface area contributed by atoms with Gasteiger partial charge in [0, 0.05) is 0 Å². The van der Waals surface area contributed by atoms with Crippen LogP contribution in [0.4, 0.5) is 0 Å².